The Kier molecular flexibility index (Phi) is 7.50. The first-order valence-electron chi connectivity index (χ1n) is 11.7. The third-order valence-electron chi connectivity index (χ3n) is 5.90. The molecule has 0 bridgehead atoms. The smallest absolute Gasteiger partial charge is 0.119 e. The molecule has 2 aromatic carbocycles. The van der Waals surface area contributed by atoms with Crippen LogP contribution in [0.25, 0.3) is 33.3 Å². The zero-order chi connectivity index (χ0) is 24.1. The van der Waals surface area contributed by atoms with Crippen molar-refractivity contribution in [3.8, 4) is 33.9 Å². The Labute approximate surface area is 202 Å². The van der Waals surface area contributed by atoms with Gasteiger partial charge in [-0.1, -0.05) is 12.1 Å². The summed E-state index contributed by atoms with van der Waals surface area (Å²) in [6.45, 7) is 3.49. The Balaban J connectivity index is 1.59. The molecular weight excluding hydrogens is 424 g/mol. The summed E-state index contributed by atoms with van der Waals surface area (Å²) < 4.78 is 8.18. The lowest BCUT2D eigenvalue weighted by Gasteiger charge is -2.15. The van der Waals surface area contributed by atoms with Crippen LogP contribution in [0.1, 0.15) is 6.42 Å². The highest BCUT2D eigenvalue weighted by atomic mass is 16.5. The van der Waals surface area contributed by atoms with Crippen LogP contribution in [0.15, 0.2) is 67.0 Å². The van der Waals surface area contributed by atoms with E-state index < -0.39 is 0 Å². The van der Waals surface area contributed by atoms with Gasteiger partial charge in [0.15, 0.2) is 0 Å². The molecule has 0 radical (unpaired) electrons. The van der Waals surface area contributed by atoms with Crippen LogP contribution in [0, 0.1) is 0 Å². The van der Waals surface area contributed by atoms with E-state index in [-0.39, 0.29) is 5.75 Å². The molecular formula is C28H34N4O2. The molecule has 0 unspecified atom stereocenters. The molecule has 6 nitrogen and oxygen atoms in total. The number of pyridine rings is 1. The predicted octanol–water partition coefficient (Wildman–Crippen LogP) is 4.97. The number of fused-ring (bicyclic) bond motifs is 1. The number of aromatic nitrogens is 2. The summed E-state index contributed by atoms with van der Waals surface area (Å²) in [6, 6.07) is 18.1. The van der Waals surface area contributed by atoms with Crippen molar-refractivity contribution >= 4 is 10.9 Å². The van der Waals surface area contributed by atoms with Crippen molar-refractivity contribution in [1.82, 2.24) is 19.4 Å². The zero-order valence-electron chi connectivity index (χ0n) is 20.5. The molecule has 0 aliphatic heterocycles. The molecule has 0 aliphatic carbocycles. The van der Waals surface area contributed by atoms with Crippen LogP contribution in [0.5, 0.6) is 11.5 Å². The van der Waals surface area contributed by atoms with E-state index in [9.17, 15) is 5.11 Å². The number of likely N-dealkylation sites (N-methyl/N-ethyl adjacent to an activating group) is 1. The monoisotopic (exact) mass is 458 g/mol. The standard InChI is InChI=1S/C28H34N4O2/c1-30(2)12-5-15-34-26-9-6-21(7-10-26)23-16-24(20-29-19-23)28-18-22-17-25(33)8-11-27(22)32(28)14-13-31(3)4/h6-11,16-20,33H,5,12-15H2,1-4H3. The number of ether oxygens (including phenoxy) is 1. The molecule has 0 fully saturated rings. The zero-order valence-corrected chi connectivity index (χ0v) is 20.5. The Morgan fingerprint density at radius 3 is 2.29 bits per heavy atom. The molecule has 178 valence electrons. The quantitative estimate of drug-likeness (QED) is 0.340. The molecule has 2 aromatic heterocycles. The van der Waals surface area contributed by atoms with Crippen molar-refractivity contribution in [2.75, 3.05) is 47.9 Å². The molecule has 0 saturated heterocycles. The number of aromatic hydroxyl groups is 1. The van der Waals surface area contributed by atoms with Crippen LogP contribution in [0.2, 0.25) is 0 Å². The van der Waals surface area contributed by atoms with E-state index in [2.05, 4.69) is 71.8 Å². The molecule has 0 saturated carbocycles. The predicted molar refractivity (Wildman–Crippen MR) is 139 cm³/mol. The molecule has 0 aliphatic rings. The van der Waals surface area contributed by atoms with E-state index in [1.54, 1.807) is 6.07 Å². The first-order chi connectivity index (χ1) is 16.4. The van der Waals surface area contributed by atoms with Crippen LogP contribution < -0.4 is 4.74 Å². The maximum absolute atomic E-state index is 9.98. The Hall–Kier alpha value is -3.35. The van der Waals surface area contributed by atoms with E-state index in [1.165, 1.54) is 0 Å². The summed E-state index contributed by atoms with van der Waals surface area (Å²) in [6.07, 6.45) is 4.81. The maximum atomic E-state index is 9.98. The van der Waals surface area contributed by atoms with Gasteiger partial charge in [0.05, 0.1) is 12.3 Å². The van der Waals surface area contributed by atoms with Crippen LogP contribution >= 0.6 is 0 Å². The van der Waals surface area contributed by atoms with E-state index in [0.29, 0.717) is 6.61 Å². The summed E-state index contributed by atoms with van der Waals surface area (Å²) in [5, 5.41) is 11.0. The van der Waals surface area contributed by atoms with Gasteiger partial charge >= 0.3 is 0 Å². The van der Waals surface area contributed by atoms with Gasteiger partial charge < -0.3 is 24.2 Å². The largest absolute Gasteiger partial charge is 0.508 e. The maximum Gasteiger partial charge on any atom is 0.119 e. The fourth-order valence-corrected chi connectivity index (χ4v) is 4.09. The molecule has 0 amide bonds. The molecule has 4 rings (SSSR count). The van der Waals surface area contributed by atoms with Crippen molar-refractivity contribution in [1.29, 1.82) is 0 Å². The van der Waals surface area contributed by atoms with Gasteiger partial charge in [-0.25, -0.2) is 0 Å². The molecule has 1 N–H and O–H groups in total. The molecule has 34 heavy (non-hydrogen) atoms. The van der Waals surface area contributed by atoms with Crippen molar-refractivity contribution in [3.63, 3.8) is 0 Å². The molecule has 2 heterocycles. The summed E-state index contributed by atoms with van der Waals surface area (Å²) in [5.74, 6) is 1.16. The van der Waals surface area contributed by atoms with Gasteiger partial charge in [0.1, 0.15) is 11.5 Å². The first-order valence-corrected chi connectivity index (χ1v) is 11.7. The second-order valence-electron chi connectivity index (χ2n) is 9.22. The van der Waals surface area contributed by atoms with Crippen molar-refractivity contribution in [2.24, 2.45) is 0 Å². The number of rotatable bonds is 10. The van der Waals surface area contributed by atoms with Gasteiger partial charge in [-0.15, -0.1) is 0 Å². The SMILES string of the molecule is CN(C)CCCOc1ccc(-c2cncc(-c3cc4cc(O)ccc4n3CCN(C)C)c2)cc1. The minimum absolute atomic E-state index is 0.278. The fourth-order valence-electron chi connectivity index (χ4n) is 4.09. The second kappa shape index (κ2) is 10.7. The van der Waals surface area contributed by atoms with Gasteiger partial charge in [0, 0.05) is 54.1 Å². The number of nitrogens with zero attached hydrogens (tertiary/aromatic N) is 4. The Morgan fingerprint density at radius 1 is 0.824 bits per heavy atom. The Morgan fingerprint density at radius 2 is 1.56 bits per heavy atom. The van der Waals surface area contributed by atoms with Crippen molar-refractivity contribution < 1.29 is 9.84 Å². The van der Waals surface area contributed by atoms with E-state index >= 15 is 0 Å². The summed E-state index contributed by atoms with van der Waals surface area (Å²) in [5.41, 5.74) is 5.41. The molecule has 0 atom stereocenters. The minimum atomic E-state index is 0.278. The van der Waals surface area contributed by atoms with Crippen molar-refractivity contribution in [3.05, 3.63) is 67.0 Å². The van der Waals surface area contributed by atoms with Crippen molar-refractivity contribution in [2.45, 2.75) is 13.0 Å². The van der Waals surface area contributed by atoms with E-state index in [4.69, 9.17) is 4.74 Å². The van der Waals surface area contributed by atoms with Gasteiger partial charge in [-0.3, -0.25) is 4.98 Å². The summed E-state index contributed by atoms with van der Waals surface area (Å²) >= 11 is 0. The number of phenols is 1. The number of benzene rings is 2. The Bertz CT molecular complexity index is 1230. The highest BCUT2D eigenvalue weighted by Crippen LogP contribution is 2.32. The average Bonchev–Trinajstić information content (AvgIpc) is 3.18. The molecule has 4 aromatic rings. The summed E-state index contributed by atoms with van der Waals surface area (Å²) in [7, 11) is 8.30. The number of hydrogen-bond acceptors (Lipinski definition) is 5. The number of phenolic OH excluding ortho intramolecular Hbond substituents is 1. The third-order valence-corrected chi connectivity index (χ3v) is 5.90. The topological polar surface area (TPSA) is 53.8 Å². The normalized spacial score (nSPS) is 11.6. The van der Waals surface area contributed by atoms with Gasteiger partial charge in [0.2, 0.25) is 0 Å². The highest BCUT2D eigenvalue weighted by Gasteiger charge is 2.13. The molecule has 0 spiro atoms. The van der Waals surface area contributed by atoms with Gasteiger partial charge in [0.25, 0.3) is 0 Å². The fraction of sp³-hybridized carbons (Fsp3) is 0.321. The second-order valence-corrected chi connectivity index (χ2v) is 9.22. The average molecular weight is 459 g/mol. The third kappa shape index (κ3) is 5.76. The lowest BCUT2D eigenvalue weighted by Crippen LogP contribution is -2.18. The lowest BCUT2D eigenvalue weighted by atomic mass is 10.0. The van der Waals surface area contributed by atoms with Gasteiger partial charge in [-0.05, 0) is 82.6 Å². The highest BCUT2D eigenvalue weighted by molar-refractivity contribution is 5.88. The number of hydrogen-bond donors (Lipinski definition) is 1. The minimum Gasteiger partial charge on any atom is -0.508 e. The first kappa shape index (κ1) is 23.8. The van der Waals surface area contributed by atoms with Gasteiger partial charge in [-0.2, -0.15) is 0 Å². The lowest BCUT2D eigenvalue weighted by molar-refractivity contribution is 0.281. The molecule has 6 heteroatoms. The van der Waals surface area contributed by atoms with Crippen LogP contribution in [0.4, 0.5) is 0 Å². The van der Waals surface area contributed by atoms with E-state index in [1.807, 2.05) is 36.7 Å². The van der Waals surface area contributed by atoms with Crippen LogP contribution in [0.3, 0.4) is 0 Å². The van der Waals surface area contributed by atoms with Crippen LogP contribution in [-0.4, -0.2) is 72.3 Å². The summed E-state index contributed by atoms with van der Waals surface area (Å²) in [4.78, 5) is 8.89. The van der Waals surface area contributed by atoms with Crippen LogP contribution in [-0.2, 0) is 6.54 Å². The van der Waals surface area contributed by atoms with E-state index in [0.717, 1.165) is 65.1 Å².